The van der Waals surface area contributed by atoms with Crippen molar-refractivity contribution in [3.05, 3.63) is 29.8 Å². The molecule has 0 amide bonds. The van der Waals surface area contributed by atoms with Crippen molar-refractivity contribution in [1.82, 2.24) is 4.72 Å². The van der Waals surface area contributed by atoms with E-state index in [1.165, 1.54) is 0 Å². The molecule has 1 unspecified atom stereocenters. The van der Waals surface area contributed by atoms with Crippen molar-refractivity contribution in [2.75, 3.05) is 13.3 Å². The summed E-state index contributed by atoms with van der Waals surface area (Å²) in [5, 5.41) is -0.423. The Morgan fingerprint density at radius 3 is 2.13 bits per heavy atom. The average molecular weight is 343 g/mol. The van der Waals surface area contributed by atoms with Crippen LogP contribution < -0.4 is 9.46 Å². The van der Waals surface area contributed by atoms with Crippen molar-refractivity contribution in [2.45, 2.75) is 58.3 Å². The summed E-state index contributed by atoms with van der Waals surface area (Å²) < 4.78 is 37.2. The molecular weight excluding hydrogens is 314 g/mol. The van der Waals surface area contributed by atoms with Crippen LogP contribution in [-0.4, -0.2) is 32.6 Å². The first kappa shape index (κ1) is 19.9. The second-order valence-electron chi connectivity index (χ2n) is 6.93. The van der Waals surface area contributed by atoms with Crippen molar-refractivity contribution in [3.8, 4) is 5.75 Å². The van der Waals surface area contributed by atoms with Crippen LogP contribution in [-0.2, 0) is 14.8 Å². The average Bonchev–Trinajstić information content (AvgIpc) is 2.44. The molecule has 1 aromatic carbocycles. The quantitative estimate of drug-likeness (QED) is 0.736. The molecule has 5 nitrogen and oxygen atoms in total. The van der Waals surface area contributed by atoms with Crippen LogP contribution in [0.25, 0.3) is 0 Å². The van der Waals surface area contributed by atoms with Gasteiger partial charge in [-0.25, -0.2) is 13.1 Å². The lowest BCUT2D eigenvalue weighted by Crippen LogP contribution is -2.33. The van der Waals surface area contributed by atoms with Crippen molar-refractivity contribution in [1.29, 1.82) is 0 Å². The Hall–Kier alpha value is -1.11. The van der Waals surface area contributed by atoms with Crippen LogP contribution in [0.2, 0.25) is 0 Å². The second-order valence-corrected chi connectivity index (χ2v) is 9.25. The molecule has 0 aliphatic rings. The highest BCUT2D eigenvalue weighted by atomic mass is 32.2. The summed E-state index contributed by atoms with van der Waals surface area (Å²) in [6.07, 6.45) is 0. The number of rotatable bonds is 8. The van der Waals surface area contributed by atoms with E-state index in [-0.39, 0.29) is 18.3 Å². The summed E-state index contributed by atoms with van der Waals surface area (Å²) in [5.74, 6) is 0.816. The third-order valence-electron chi connectivity index (χ3n) is 3.38. The molecule has 0 aliphatic carbocycles. The number of nitrogens with one attached hydrogen (secondary N) is 1. The van der Waals surface area contributed by atoms with Crippen LogP contribution in [0, 0.1) is 0 Å². The maximum Gasteiger partial charge on any atom is 0.213 e. The Labute approximate surface area is 140 Å². The lowest BCUT2D eigenvalue weighted by molar-refractivity contribution is -0.0758. The molecule has 0 bridgehead atoms. The molecule has 0 aliphatic heterocycles. The minimum Gasteiger partial charge on any atom is -0.468 e. The fraction of sp³-hybridized carbons (Fsp3) is 0.647. The normalized spacial score (nSPS) is 14.0. The molecular formula is C17H29NO4S. The molecule has 0 spiro atoms. The lowest BCUT2D eigenvalue weighted by Gasteiger charge is -2.20. The van der Waals surface area contributed by atoms with Crippen molar-refractivity contribution in [2.24, 2.45) is 0 Å². The van der Waals surface area contributed by atoms with Crippen molar-refractivity contribution < 1.29 is 17.9 Å². The maximum absolute atomic E-state index is 11.8. The number of ether oxygens (including phenoxy) is 2. The van der Waals surface area contributed by atoms with Crippen LogP contribution in [0.1, 0.15) is 53.0 Å². The van der Waals surface area contributed by atoms with Crippen LogP contribution in [0.3, 0.4) is 0 Å². The third-order valence-corrected chi connectivity index (χ3v) is 5.19. The van der Waals surface area contributed by atoms with E-state index < -0.39 is 15.3 Å². The zero-order chi connectivity index (χ0) is 17.7. The van der Waals surface area contributed by atoms with Gasteiger partial charge in [-0.2, -0.15) is 0 Å². The smallest absolute Gasteiger partial charge is 0.213 e. The largest absolute Gasteiger partial charge is 0.468 e. The highest BCUT2D eigenvalue weighted by Crippen LogP contribution is 2.19. The fourth-order valence-electron chi connectivity index (χ4n) is 1.69. The summed E-state index contributed by atoms with van der Waals surface area (Å²) in [7, 11) is -3.23. The van der Waals surface area contributed by atoms with Crippen LogP contribution >= 0.6 is 0 Å². The van der Waals surface area contributed by atoms with E-state index >= 15 is 0 Å². The monoisotopic (exact) mass is 343 g/mol. The van der Waals surface area contributed by atoms with E-state index in [0.717, 1.165) is 11.3 Å². The van der Waals surface area contributed by atoms with Gasteiger partial charge in [0.05, 0.1) is 10.9 Å². The maximum atomic E-state index is 11.8. The first-order chi connectivity index (χ1) is 10.5. The Balaban J connectivity index is 2.52. The summed E-state index contributed by atoms with van der Waals surface area (Å²) in [4.78, 5) is 0. The number of benzene rings is 1. The molecule has 0 heterocycles. The van der Waals surface area contributed by atoms with Crippen molar-refractivity contribution >= 4 is 10.0 Å². The Kier molecular flexibility index (Phi) is 7.04. The van der Waals surface area contributed by atoms with E-state index in [1.807, 2.05) is 52.0 Å². The minimum atomic E-state index is -3.23. The van der Waals surface area contributed by atoms with Crippen LogP contribution in [0.5, 0.6) is 5.75 Å². The van der Waals surface area contributed by atoms with Gasteiger partial charge in [0.15, 0.2) is 6.79 Å². The van der Waals surface area contributed by atoms with Gasteiger partial charge in [-0.05, 0) is 58.2 Å². The molecule has 132 valence electrons. The van der Waals surface area contributed by atoms with E-state index in [2.05, 4.69) is 4.72 Å². The summed E-state index contributed by atoms with van der Waals surface area (Å²) in [5.41, 5.74) is 0.822. The third kappa shape index (κ3) is 7.33. The number of hydrogen-bond acceptors (Lipinski definition) is 4. The van der Waals surface area contributed by atoms with Crippen molar-refractivity contribution in [3.63, 3.8) is 0 Å². The van der Waals surface area contributed by atoms with Gasteiger partial charge in [-0.1, -0.05) is 19.1 Å². The molecule has 0 radical (unpaired) electrons. The predicted octanol–water partition coefficient (Wildman–Crippen LogP) is 3.27. The van der Waals surface area contributed by atoms with Crippen LogP contribution in [0.4, 0.5) is 0 Å². The zero-order valence-electron chi connectivity index (χ0n) is 14.9. The first-order valence-corrected chi connectivity index (χ1v) is 9.41. The Bertz CT molecular complexity index is 574. The van der Waals surface area contributed by atoms with E-state index in [4.69, 9.17) is 9.47 Å². The molecule has 0 saturated heterocycles. The lowest BCUT2D eigenvalue weighted by atomic mass is 10.0. The molecule has 0 aromatic heterocycles. The van der Waals surface area contributed by atoms with Gasteiger partial charge >= 0.3 is 0 Å². The van der Waals surface area contributed by atoms with E-state index in [1.54, 1.807) is 13.8 Å². The van der Waals surface area contributed by atoms with Gasteiger partial charge in [-0.15, -0.1) is 0 Å². The SMILES string of the molecule is CC(CNS(=O)(=O)C(C)C)c1ccc(OCOC(C)(C)C)cc1. The molecule has 6 heteroatoms. The van der Waals surface area contributed by atoms with E-state index in [0.29, 0.717) is 6.54 Å². The van der Waals surface area contributed by atoms with Gasteiger partial charge in [0.2, 0.25) is 10.0 Å². The summed E-state index contributed by atoms with van der Waals surface area (Å²) in [6.45, 7) is 11.8. The Morgan fingerprint density at radius 2 is 1.65 bits per heavy atom. The van der Waals surface area contributed by atoms with Gasteiger partial charge in [0.1, 0.15) is 5.75 Å². The van der Waals surface area contributed by atoms with Crippen LogP contribution in [0.15, 0.2) is 24.3 Å². The van der Waals surface area contributed by atoms with Gasteiger partial charge in [0, 0.05) is 6.54 Å². The Morgan fingerprint density at radius 1 is 1.09 bits per heavy atom. The molecule has 0 saturated carbocycles. The molecule has 23 heavy (non-hydrogen) atoms. The van der Waals surface area contributed by atoms with Gasteiger partial charge < -0.3 is 9.47 Å². The molecule has 0 fully saturated rings. The van der Waals surface area contributed by atoms with Gasteiger partial charge in [-0.3, -0.25) is 0 Å². The molecule has 1 atom stereocenters. The highest BCUT2D eigenvalue weighted by Gasteiger charge is 2.17. The number of sulfonamides is 1. The highest BCUT2D eigenvalue weighted by molar-refractivity contribution is 7.90. The standard InChI is InChI=1S/C17H29NO4S/c1-13(2)23(19,20)18-11-14(3)15-7-9-16(10-8-15)21-12-22-17(4,5)6/h7-10,13-14,18H,11-12H2,1-6H3. The molecule has 1 N–H and O–H groups in total. The minimum absolute atomic E-state index is 0.0865. The first-order valence-electron chi connectivity index (χ1n) is 7.86. The second kappa shape index (κ2) is 8.13. The fourth-order valence-corrected chi connectivity index (χ4v) is 2.51. The van der Waals surface area contributed by atoms with Gasteiger partial charge in [0.25, 0.3) is 0 Å². The predicted molar refractivity (Wildman–Crippen MR) is 93.2 cm³/mol. The molecule has 1 aromatic rings. The summed E-state index contributed by atoms with van der Waals surface area (Å²) >= 11 is 0. The molecule has 1 rings (SSSR count). The topological polar surface area (TPSA) is 64.6 Å². The summed E-state index contributed by atoms with van der Waals surface area (Å²) in [6, 6.07) is 7.63. The zero-order valence-corrected chi connectivity index (χ0v) is 15.7. The number of hydrogen-bond donors (Lipinski definition) is 1. The van der Waals surface area contributed by atoms with E-state index in [9.17, 15) is 8.42 Å².